The Hall–Kier alpha value is -1.27. The highest BCUT2D eigenvalue weighted by atomic mass is 32.1. The molecule has 2 nitrogen and oxygen atoms in total. The molecule has 1 aromatic rings. The summed E-state index contributed by atoms with van der Waals surface area (Å²) < 4.78 is 0. The fourth-order valence-corrected chi connectivity index (χ4v) is 2.02. The molecule has 0 radical (unpaired) electrons. The number of rotatable bonds is 1. The molecule has 2 heterocycles. The second-order valence-electron chi connectivity index (χ2n) is 4.63. The Morgan fingerprint density at radius 3 is 2.60 bits per heavy atom. The van der Waals surface area contributed by atoms with E-state index in [1.54, 1.807) is 11.3 Å². The minimum Gasteiger partial charge on any atom is -0.218 e. The van der Waals surface area contributed by atoms with E-state index in [0.717, 1.165) is 4.88 Å². The van der Waals surface area contributed by atoms with Gasteiger partial charge < -0.3 is 0 Å². The summed E-state index contributed by atoms with van der Waals surface area (Å²) >= 11 is 1.73. The molecule has 0 atom stereocenters. The van der Waals surface area contributed by atoms with Crippen LogP contribution in [0.25, 0.3) is 0 Å². The SMILES string of the molecule is Cc1sc(C#CC(C)(C)C)cc1N1C=N1. The van der Waals surface area contributed by atoms with Crippen molar-refractivity contribution in [3.8, 4) is 11.8 Å². The van der Waals surface area contributed by atoms with Gasteiger partial charge in [0.05, 0.1) is 10.6 Å². The minimum absolute atomic E-state index is 0.0639. The van der Waals surface area contributed by atoms with Gasteiger partial charge in [-0.3, -0.25) is 0 Å². The van der Waals surface area contributed by atoms with Crippen LogP contribution < -0.4 is 5.01 Å². The number of aryl methyl sites for hydroxylation is 1. The first-order valence-corrected chi connectivity index (χ1v) is 5.74. The molecule has 78 valence electrons. The monoisotopic (exact) mass is 218 g/mol. The zero-order chi connectivity index (χ0) is 11.1. The van der Waals surface area contributed by atoms with E-state index in [1.807, 2.05) is 11.3 Å². The zero-order valence-corrected chi connectivity index (χ0v) is 10.3. The third-order valence-electron chi connectivity index (χ3n) is 1.93. The van der Waals surface area contributed by atoms with Gasteiger partial charge in [0.15, 0.2) is 0 Å². The van der Waals surface area contributed by atoms with Gasteiger partial charge in [-0.15, -0.1) is 11.3 Å². The molecule has 2 rings (SSSR count). The number of hydrogen-bond donors (Lipinski definition) is 0. The summed E-state index contributed by atoms with van der Waals surface area (Å²) in [6.07, 6.45) is 1.82. The molecule has 0 aliphatic carbocycles. The highest BCUT2D eigenvalue weighted by Gasteiger charge is 2.16. The molecule has 0 aromatic carbocycles. The molecule has 0 amide bonds. The third kappa shape index (κ3) is 2.60. The van der Waals surface area contributed by atoms with Gasteiger partial charge in [-0.05, 0) is 33.8 Å². The van der Waals surface area contributed by atoms with Crippen LogP contribution in [0.1, 0.15) is 30.5 Å². The highest BCUT2D eigenvalue weighted by molar-refractivity contribution is 7.13. The summed E-state index contributed by atoms with van der Waals surface area (Å²) in [5, 5.41) is 5.91. The van der Waals surface area contributed by atoms with Crippen molar-refractivity contribution >= 4 is 23.4 Å². The van der Waals surface area contributed by atoms with E-state index in [4.69, 9.17) is 0 Å². The lowest BCUT2D eigenvalue weighted by Gasteiger charge is -2.06. The molecule has 0 N–H and O–H groups in total. The van der Waals surface area contributed by atoms with Gasteiger partial charge in [-0.25, -0.2) is 5.01 Å². The number of thiophene rings is 1. The number of anilines is 1. The normalized spacial score (nSPS) is 13.7. The number of hydrazone groups is 1. The van der Waals surface area contributed by atoms with Gasteiger partial charge in [0.25, 0.3) is 0 Å². The molecule has 0 bridgehead atoms. The summed E-state index contributed by atoms with van der Waals surface area (Å²) in [6.45, 7) is 8.46. The van der Waals surface area contributed by atoms with Crippen LogP contribution in [0.5, 0.6) is 0 Å². The second kappa shape index (κ2) is 3.39. The Labute approximate surface area is 94.6 Å². The summed E-state index contributed by atoms with van der Waals surface area (Å²) in [4.78, 5) is 2.39. The molecule has 0 spiro atoms. The lowest BCUT2D eigenvalue weighted by molar-refractivity contribution is 0.571. The van der Waals surface area contributed by atoms with Gasteiger partial charge in [0.2, 0.25) is 0 Å². The lowest BCUT2D eigenvalue weighted by Crippen LogP contribution is -1.98. The van der Waals surface area contributed by atoms with Crippen molar-refractivity contribution in [2.24, 2.45) is 10.5 Å². The molecule has 0 unspecified atom stereocenters. The molecular formula is C12H14N2S. The van der Waals surface area contributed by atoms with Crippen LogP contribution in [0.4, 0.5) is 5.69 Å². The van der Waals surface area contributed by atoms with Crippen molar-refractivity contribution < 1.29 is 0 Å². The Balaban J connectivity index is 2.22. The third-order valence-corrected chi connectivity index (χ3v) is 2.89. The molecule has 0 saturated heterocycles. The van der Waals surface area contributed by atoms with Crippen LogP contribution in [-0.4, -0.2) is 6.34 Å². The maximum absolute atomic E-state index is 4.02. The van der Waals surface area contributed by atoms with Crippen molar-refractivity contribution in [2.75, 3.05) is 5.01 Å². The first kappa shape index (κ1) is 10.3. The molecule has 0 fully saturated rings. The van der Waals surface area contributed by atoms with E-state index < -0.39 is 0 Å². The fraction of sp³-hybridized carbons (Fsp3) is 0.417. The van der Waals surface area contributed by atoms with Crippen molar-refractivity contribution in [2.45, 2.75) is 27.7 Å². The first-order chi connectivity index (χ1) is 6.96. The van der Waals surface area contributed by atoms with Crippen LogP contribution >= 0.6 is 11.3 Å². The summed E-state index contributed by atoms with van der Waals surface area (Å²) in [7, 11) is 0. The summed E-state index contributed by atoms with van der Waals surface area (Å²) in [5.74, 6) is 6.45. The van der Waals surface area contributed by atoms with E-state index in [9.17, 15) is 0 Å². The van der Waals surface area contributed by atoms with Crippen LogP contribution in [0.2, 0.25) is 0 Å². The Bertz CT molecular complexity index is 460. The zero-order valence-electron chi connectivity index (χ0n) is 9.46. The van der Waals surface area contributed by atoms with Gasteiger partial charge in [-0.2, -0.15) is 5.10 Å². The quantitative estimate of drug-likeness (QED) is 0.661. The molecule has 1 aromatic heterocycles. The maximum Gasteiger partial charge on any atom is 0.138 e. The van der Waals surface area contributed by atoms with Crippen LogP contribution in [0.15, 0.2) is 11.2 Å². The molecular weight excluding hydrogens is 204 g/mol. The fourth-order valence-electron chi connectivity index (χ4n) is 1.16. The first-order valence-electron chi connectivity index (χ1n) is 4.93. The topological polar surface area (TPSA) is 15.4 Å². The minimum atomic E-state index is 0.0639. The van der Waals surface area contributed by atoms with Gasteiger partial charge in [0, 0.05) is 10.3 Å². The second-order valence-corrected chi connectivity index (χ2v) is 5.88. The van der Waals surface area contributed by atoms with Crippen LogP contribution in [0, 0.1) is 24.2 Å². The summed E-state index contributed by atoms with van der Waals surface area (Å²) in [6, 6.07) is 2.10. The number of nitrogens with zero attached hydrogens (tertiary/aromatic N) is 2. The Morgan fingerprint density at radius 1 is 1.40 bits per heavy atom. The maximum atomic E-state index is 4.02. The predicted molar refractivity (Wildman–Crippen MR) is 66.4 cm³/mol. The van der Waals surface area contributed by atoms with E-state index >= 15 is 0 Å². The van der Waals surface area contributed by atoms with Crippen LogP contribution in [0.3, 0.4) is 0 Å². The molecule has 0 saturated carbocycles. The molecule has 1 aliphatic rings. The van der Waals surface area contributed by atoms with E-state index in [0.29, 0.717) is 0 Å². The summed E-state index contributed by atoms with van der Waals surface area (Å²) in [5.41, 5.74) is 1.23. The number of hydrogen-bond acceptors (Lipinski definition) is 3. The molecule has 1 aliphatic heterocycles. The van der Waals surface area contributed by atoms with Crippen molar-refractivity contribution in [3.05, 3.63) is 15.8 Å². The molecule has 15 heavy (non-hydrogen) atoms. The van der Waals surface area contributed by atoms with Crippen molar-refractivity contribution in [1.29, 1.82) is 0 Å². The van der Waals surface area contributed by atoms with Crippen LogP contribution in [-0.2, 0) is 0 Å². The average Bonchev–Trinajstić information content (AvgIpc) is 2.87. The van der Waals surface area contributed by atoms with Gasteiger partial charge in [-0.1, -0.05) is 11.8 Å². The standard InChI is InChI=1S/C12H14N2S/c1-9-11(14-8-13-14)7-10(15-9)5-6-12(2,3)4/h7-8H,1-4H3. The van der Waals surface area contributed by atoms with Gasteiger partial charge in [0.1, 0.15) is 6.34 Å². The van der Waals surface area contributed by atoms with E-state index in [2.05, 4.69) is 50.7 Å². The predicted octanol–water partition coefficient (Wildman–Crippen LogP) is 3.22. The van der Waals surface area contributed by atoms with Gasteiger partial charge >= 0.3 is 0 Å². The van der Waals surface area contributed by atoms with E-state index in [1.165, 1.54) is 10.6 Å². The smallest absolute Gasteiger partial charge is 0.138 e. The Morgan fingerprint density at radius 2 is 2.07 bits per heavy atom. The Kier molecular flexibility index (Phi) is 2.32. The lowest BCUT2D eigenvalue weighted by atomic mass is 9.98. The van der Waals surface area contributed by atoms with Crippen molar-refractivity contribution in [1.82, 2.24) is 0 Å². The van der Waals surface area contributed by atoms with Crippen molar-refractivity contribution in [3.63, 3.8) is 0 Å². The molecule has 3 heteroatoms. The average molecular weight is 218 g/mol. The highest BCUT2D eigenvalue weighted by Crippen LogP contribution is 2.31. The largest absolute Gasteiger partial charge is 0.218 e. The van der Waals surface area contributed by atoms with E-state index in [-0.39, 0.29) is 5.41 Å².